The molecule has 0 aliphatic carbocycles. The molecule has 2 nitrogen and oxygen atoms in total. The van der Waals surface area contributed by atoms with E-state index in [4.69, 9.17) is 5.73 Å². The summed E-state index contributed by atoms with van der Waals surface area (Å²) in [5.74, 6) is -3.99. The Morgan fingerprint density at radius 2 is 1.93 bits per heavy atom. The number of ether oxygens (including phenoxy) is 1. The highest BCUT2D eigenvalue weighted by molar-refractivity contribution is 5.23. The van der Waals surface area contributed by atoms with Crippen LogP contribution >= 0.6 is 0 Å². The molecule has 0 aliphatic rings. The summed E-state index contributed by atoms with van der Waals surface area (Å²) in [5, 5.41) is 0. The molecule has 0 aliphatic heterocycles. The van der Waals surface area contributed by atoms with Gasteiger partial charge < -0.3 is 10.5 Å². The lowest BCUT2D eigenvalue weighted by molar-refractivity contribution is 0.179. The second kappa shape index (κ2) is 4.43. The number of nitrogens with two attached hydrogens (primary N) is 1. The number of methoxy groups -OCH3 is 1. The van der Waals surface area contributed by atoms with Gasteiger partial charge in [-0.15, -0.1) is 0 Å². The van der Waals surface area contributed by atoms with Gasteiger partial charge in [0.2, 0.25) is 0 Å². The summed E-state index contributed by atoms with van der Waals surface area (Å²) in [7, 11) is 1.39. The Hall–Kier alpha value is -1.07. The first-order valence-electron chi connectivity index (χ1n) is 3.95. The van der Waals surface area contributed by atoms with Gasteiger partial charge in [-0.1, -0.05) is 6.07 Å². The molecule has 1 unspecified atom stereocenters. The van der Waals surface area contributed by atoms with Crippen molar-refractivity contribution in [3.63, 3.8) is 0 Å². The molecule has 0 saturated heterocycles. The van der Waals surface area contributed by atoms with E-state index < -0.39 is 23.5 Å². The number of hydrogen-bond donors (Lipinski definition) is 1. The lowest BCUT2D eigenvalue weighted by atomic mass is 10.1. The molecule has 0 fully saturated rings. The van der Waals surface area contributed by atoms with Crippen molar-refractivity contribution in [3.8, 4) is 0 Å². The van der Waals surface area contributed by atoms with Crippen molar-refractivity contribution in [2.75, 3.05) is 13.7 Å². The summed E-state index contributed by atoms with van der Waals surface area (Å²) >= 11 is 0. The summed E-state index contributed by atoms with van der Waals surface area (Å²) in [6.45, 7) is 0.0436. The van der Waals surface area contributed by atoms with Crippen molar-refractivity contribution in [2.45, 2.75) is 6.04 Å². The number of rotatable bonds is 3. The fourth-order valence-corrected chi connectivity index (χ4v) is 1.10. The van der Waals surface area contributed by atoms with E-state index in [1.54, 1.807) is 0 Å². The smallest absolute Gasteiger partial charge is 0.194 e. The number of benzene rings is 1. The van der Waals surface area contributed by atoms with E-state index in [1.807, 2.05) is 0 Å². The third kappa shape index (κ3) is 2.05. The van der Waals surface area contributed by atoms with Crippen molar-refractivity contribution < 1.29 is 17.9 Å². The molecule has 14 heavy (non-hydrogen) atoms. The van der Waals surface area contributed by atoms with E-state index in [2.05, 4.69) is 4.74 Å². The maximum Gasteiger partial charge on any atom is 0.194 e. The average Bonchev–Trinajstić information content (AvgIpc) is 2.15. The molecule has 1 rings (SSSR count). The van der Waals surface area contributed by atoms with Gasteiger partial charge in [-0.3, -0.25) is 0 Å². The van der Waals surface area contributed by atoms with Crippen molar-refractivity contribution in [1.29, 1.82) is 0 Å². The van der Waals surface area contributed by atoms with Gasteiger partial charge in [-0.2, -0.15) is 0 Å². The Morgan fingerprint density at radius 1 is 1.29 bits per heavy atom. The van der Waals surface area contributed by atoms with E-state index in [9.17, 15) is 13.2 Å². The Labute approximate surface area is 79.5 Å². The van der Waals surface area contributed by atoms with Crippen molar-refractivity contribution in [3.05, 3.63) is 35.1 Å². The first kappa shape index (κ1) is 11.0. The first-order chi connectivity index (χ1) is 6.57. The molecule has 0 saturated carbocycles. The van der Waals surface area contributed by atoms with Crippen LogP contribution in [0.5, 0.6) is 0 Å². The number of hydrogen-bond acceptors (Lipinski definition) is 2. The molecule has 1 aromatic rings. The minimum atomic E-state index is -1.51. The van der Waals surface area contributed by atoms with Crippen molar-refractivity contribution in [2.24, 2.45) is 5.73 Å². The molecule has 5 heteroatoms. The molecule has 1 atom stereocenters. The van der Waals surface area contributed by atoms with Gasteiger partial charge in [-0.05, 0) is 6.07 Å². The van der Waals surface area contributed by atoms with Crippen LogP contribution in [0.15, 0.2) is 12.1 Å². The highest BCUT2D eigenvalue weighted by Crippen LogP contribution is 2.19. The zero-order valence-electron chi connectivity index (χ0n) is 7.56. The Balaban J connectivity index is 3.04. The standard InChI is InChI=1S/C9H10F3NO/c1-14-4-7(13)5-2-3-6(10)9(12)8(5)11/h2-3,7H,4,13H2,1H3. The third-order valence-corrected chi connectivity index (χ3v) is 1.81. The van der Waals surface area contributed by atoms with E-state index >= 15 is 0 Å². The van der Waals surface area contributed by atoms with Crippen LogP contribution in [0.3, 0.4) is 0 Å². The molecule has 0 radical (unpaired) electrons. The van der Waals surface area contributed by atoms with Crippen LogP contribution in [0, 0.1) is 17.5 Å². The van der Waals surface area contributed by atoms with Gasteiger partial charge in [0.1, 0.15) is 0 Å². The first-order valence-corrected chi connectivity index (χ1v) is 3.95. The maximum atomic E-state index is 13.1. The third-order valence-electron chi connectivity index (χ3n) is 1.81. The summed E-state index contributed by atoms with van der Waals surface area (Å²) in [4.78, 5) is 0. The van der Waals surface area contributed by atoms with Gasteiger partial charge in [-0.25, -0.2) is 13.2 Å². The zero-order valence-corrected chi connectivity index (χ0v) is 7.56. The van der Waals surface area contributed by atoms with Crippen LogP contribution in [0.25, 0.3) is 0 Å². The molecular weight excluding hydrogens is 195 g/mol. The van der Waals surface area contributed by atoms with E-state index in [0.29, 0.717) is 0 Å². The number of halogens is 3. The molecule has 0 amide bonds. The molecule has 0 spiro atoms. The summed E-state index contributed by atoms with van der Waals surface area (Å²) in [6.07, 6.45) is 0. The predicted octanol–water partition coefficient (Wildman–Crippen LogP) is 1.75. The highest BCUT2D eigenvalue weighted by atomic mass is 19.2. The molecule has 0 heterocycles. The van der Waals surface area contributed by atoms with E-state index in [-0.39, 0.29) is 12.2 Å². The van der Waals surface area contributed by atoms with Crippen LogP contribution < -0.4 is 5.73 Å². The molecule has 0 bridgehead atoms. The SMILES string of the molecule is COCC(N)c1ccc(F)c(F)c1F. The highest BCUT2D eigenvalue weighted by Gasteiger charge is 2.17. The summed E-state index contributed by atoms with van der Waals surface area (Å²) in [6, 6.07) is 1.15. The van der Waals surface area contributed by atoms with Gasteiger partial charge >= 0.3 is 0 Å². The van der Waals surface area contributed by atoms with Crippen LogP contribution in [0.4, 0.5) is 13.2 Å². The lowest BCUT2D eigenvalue weighted by Gasteiger charge is -2.11. The van der Waals surface area contributed by atoms with E-state index in [0.717, 1.165) is 12.1 Å². The zero-order chi connectivity index (χ0) is 10.7. The van der Waals surface area contributed by atoms with Gasteiger partial charge in [0.05, 0.1) is 12.6 Å². The van der Waals surface area contributed by atoms with Crippen molar-refractivity contribution >= 4 is 0 Å². The molecular formula is C9H10F3NO. The topological polar surface area (TPSA) is 35.2 Å². The molecule has 78 valence electrons. The second-order valence-corrected chi connectivity index (χ2v) is 2.83. The Kier molecular flexibility index (Phi) is 3.49. The molecule has 2 N–H and O–H groups in total. The van der Waals surface area contributed by atoms with Gasteiger partial charge in [0.15, 0.2) is 17.5 Å². The van der Waals surface area contributed by atoms with Crippen molar-refractivity contribution in [1.82, 2.24) is 0 Å². The maximum absolute atomic E-state index is 13.1. The Bertz CT molecular complexity index is 330. The van der Waals surface area contributed by atoms with Crippen LogP contribution in [-0.2, 0) is 4.74 Å². The quantitative estimate of drug-likeness (QED) is 0.763. The summed E-state index contributed by atoms with van der Waals surface area (Å²) in [5.41, 5.74) is 5.38. The normalized spacial score (nSPS) is 12.9. The predicted molar refractivity (Wildman–Crippen MR) is 45.1 cm³/mol. The fraction of sp³-hybridized carbons (Fsp3) is 0.333. The molecule has 0 aromatic heterocycles. The van der Waals surface area contributed by atoms with E-state index in [1.165, 1.54) is 7.11 Å². The fourth-order valence-electron chi connectivity index (χ4n) is 1.10. The largest absolute Gasteiger partial charge is 0.383 e. The minimum Gasteiger partial charge on any atom is -0.383 e. The lowest BCUT2D eigenvalue weighted by Crippen LogP contribution is -2.18. The Morgan fingerprint density at radius 3 is 2.50 bits per heavy atom. The second-order valence-electron chi connectivity index (χ2n) is 2.83. The van der Waals surface area contributed by atoms with Crippen LogP contribution in [-0.4, -0.2) is 13.7 Å². The van der Waals surface area contributed by atoms with Gasteiger partial charge in [0, 0.05) is 12.7 Å². The average molecular weight is 205 g/mol. The monoisotopic (exact) mass is 205 g/mol. The van der Waals surface area contributed by atoms with Crippen LogP contribution in [0.1, 0.15) is 11.6 Å². The van der Waals surface area contributed by atoms with Crippen LogP contribution in [0.2, 0.25) is 0 Å². The summed E-state index contributed by atoms with van der Waals surface area (Å²) < 4.78 is 43.0. The van der Waals surface area contributed by atoms with Gasteiger partial charge in [0.25, 0.3) is 0 Å². The molecule has 1 aromatic carbocycles. The minimum absolute atomic E-state index is 0.0436.